The fraction of sp³-hybridized carbons (Fsp3) is 0.300. The van der Waals surface area contributed by atoms with Crippen molar-refractivity contribution < 1.29 is 19.1 Å². The Kier molecular flexibility index (Phi) is 8.13. The lowest BCUT2D eigenvalue weighted by atomic mass is 10.2. The van der Waals surface area contributed by atoms with Gasteiger partial charge in [-0.3, -0.25) is 9.59 Å². The molecular weight excluding hydrogens is 412 g/mol. The molecule has 0 atom stereocenters. The molecule has 144 valence electrons. The Balaban J connectivity index is 1.90. The molecular formula is C20H23BrN2O4. The molecule has 2 N–H and O–H groups in total. The summed E-state index contributed by atoms with van der Waals surface area (Å²) in [6.45, 7) is 5.02. The third-order valence-electron chi connectivity index (χ3n) is 3.58. The number of hydrogen-bond donors (Lipinski definition) is 2. The maximum absolute atomic E-state index is 12.2. The molecule has 2 aromatic rings. The van der Waals surface area contributed by atoms with Crippen molar-refractivity contribution in [2.45, 2.75) is 20.3 Å². The standard InChI is InChI=1S/C20H23BrN2O4/c1-3-26-16-9-10-18(27-4-2)17(13-16)23-19(24)11-12-22-20(25)14-5-7-15(21)8-6-14/h5-10,13H,3-4,11-12H2,1-2H3,(H,22,25)(H,23,24). The Hall–Kier alpha value is -2.54. The molecule has 6 nitrogen and oxygen atoms in total. The molecule has 0 saturated heterocycles. The number of amides is 2. The van der Waals surface area contributed by atoms with E-state index in [0.29, 0.717) is 36.0 Å². The first-order valence-electron chi connectivity index (χ1n) is 8.76. The van der Waals surface area contributed by atoms with E-state index < -0.39 is 0 Å². The number of halogens is 1. The minimum atomic E-state index is -0.222. The Morgan fingerprint density at radius 1 is 1.00 bits per heavy atom. The van der Waals surface area contributed by atoms with E-state index in [1.54, 1.807) is 42.5 Å². The lowest BCUT2D eigenvalue weighted by Crippen LogP contribution is -2.27. The van der Waals surface area contributed by atoms with Crippen LogP contribution in [0.3, 0.4) is 0 Å². The average Bonchev–Trinajstić information content (AvgIpc) is 2.64. The summed E-state index contributed by atoms with van der Waals surface area (Å²) < 4.78 is 11.9. The summed E-state index contributed by atoms with van der Waals surface area (Å²) in [6.07, 6.45) is 0.146. The Morgan fingerprint density at radius 2 is 1.70 bits per heavy atom. The Bertz CT molecular complexity index is 778. The molecule has 0 spiro atoms. The van der Waals surface area contributed by atoms with Crippen LogP contribution in [0.4, 0.5) is 5.69 Å². The summed E-state index contributed by atoms with van der Waals surface area (Å²) in [4.78, 5) is 24.3. The predicted molar refractivity (Wildman–Crippen MR) is 109 cm³/mol. The molecule has 2 aromatic carbocycles. The smallest absolute Gasteiger partial charge is 0.251 e. The highest BCUT2D eigenvalue weighted by Crippen LogP contribution is 2.29. The molecule has 0 unspecified atom stereocenters. The van der Waals surface area contributed by atoms with E-state index in [1.807, 2.05) is 13.8 Å². The lowest BCUT2D eigenvalue weighted by Gasteiger charge is -2.13. The highest BCUT2D eigenvalue weighted by molar-refractivity contribution is 9.10. The average molecular weight is 435 g/mol. The molecule has 0 aromatic heterocycles. The van der Waals surface area contributed by atoms with Crippen LogP contribution in [-0.2, 0) is 4.79 Å². The number of ether oxygens (including phenoxy) is 2. The van der Waals surface area contributed by atoms with Crippen molar-refractivity contribution in [1.82, 2.24) is 5.32 Å². The van der Waals surface area contributed by atoms with E-state index >= 15 is 0 Å². The summed E-state index contributed by atoms with van der Waals surface area (Å²) in [5.41, 5.74) is 1.09. The summed E-state index contributed by atoms with van der Waals surface area (Å²) >= 11 is 3.33. The van der Waals surface area contributed by atoms with Gasteiger partial charge in [-0.25, -0.2) is 0 Å². The zero-order valence-electron chi connectivity index (χ0n) is 15.4. The van der Waals surface area contributed by atoms with E-state index in [9.17, 15) is 9.59 Å². The summed E-state index contributed by atoms with van der Waals surface area (Å²) in [5, 5.41) is 5.55. The SMILES string of the molecule is CCOc1ccc(OCC)c(NC(=O)CCNC(=O)c2ccc(Br)cc2)c1. The predicted octanol–water partition coefficient (Wildman–Crippen LogP) is 4.01. The second-order valence-electron chi connectivity index (χ2n) is 5.58. The van der Waals surface area contributed by atoms with E-state index in [1.165, 1.54) is 0 Å². The van der Waals surface area contributed by atoms with Gasteiger partial charge in [-0.15, -0.1) is 0 Å². The van der Waals surface area contributed by atoms with Gasteiger partial charge in [0.2, 0.25) is 5.91 Å². The molecule has 0 heterocycles. The minimum Gasteiger partial charge on any atom is -0.494 e. The van der Waals surface area contributed by atoms with Crippen molar-refractivity contribution in [3.05, 3.63) is 52.5 Å². The van der Waals surface area contributed by atoms with Crippen molar-refractivity contribution >= 4 is 33.4 Å². The van der Waals surface area contributed by atoms with Gasteiger partial charge in [0.1, 0.15) is 11.5 Å². The number of hydrogen-bond acceptors (Lipinski definition) is 4. The van der Waals surface area contributed by atoms with E-state index in [2.05, 4.69) is 26.6 Å². The second kappa shape index (κ2) is 10.6. The van der Waals surface area contributed by atoms with Crippen molar-refractivity contribution in [3.63, 3.8) is 0 Å². The highest BCUT2D eigenvalue weighted by atomic mass is 79.9. The molecule has 0 aliphatic rings. The van der Waals surface area contributed by atoms with Crippen molar-refractivity contribution in [3.8, 4) is 11.5 Å². The van der Waals surface area contributed by atoms with E-state index in [4.69, 9.17) is 9.47 Å². The maximum atomic E-state index is 12.2. The van der Waals surface area contributed by atoms with Crippen LogP contribution in [-0.4, -0.2) is 31.6 Å². The van der Waals surface area contributed by atoms with Crippen molar-refractivity contribution in [2.24, 2.45) is 0 Å². The molecule has 2 amide bonds. The molecule has 0 radical (unpaired) electrons. The number of benzene rings is 2. The third-order valence-corrected chi connectivity index (χ3v) is 4.11. The highest BCUT2D eigenvalue weighted by Gasteiger charge is 2.11. The van der Waals surface area contributed by atoms with Crippen LogP contribution < -0.4 is 20.1 Å². The van der Waals surface area contributed by atoms with Crippen LogP contribution in [0.2, 0.25) is 0 Å². The van der Waals surface area contributed by atoms with Crippen LogP contribution in [0.1, 0.15) is 30.6 Å². The number of carbonyl (C=O) groups is 2. The van der Waals surface area contributed by atoms with Gasteiger partial charge in [-0.05, 0) is 50.2 Å². The molecule has 0 bridgehead atoms. The number of nitrogens with one attached hydrogen (secondary N) is 2. The number of anilines is 1. The molecule has 0 aliphatic carbocycles. The lowest BCUT2D eigenvalue weighted by molar-refractivity contribution is -0.116. The molecule has 0 fully saturated rings. The van der Waals surface area contributed by atoms with Gasteiger partial charge in [0.05, 0.1) is 18.9 Å². The zero-order chi connectivity index (χ0) is 19.6. The fourth-order valence-corrected chi connectivity index (χ4v) is 2.61. The van der Waals surface area contributed by atoms with Gasteiger partial charge in [-0.2, -0.15) is 0 Å². The van der Waals surface area contributed by atoms with Gasteiger partial charge in [0.15, 0.2) is 0 Å². The summed E-state index contributed by atoms with van der Waals surface area (Å²) in [6, 6.07) is 12.3. The normalized spacial score (nSPS) is 10.2. The second-order valence-corrected chi connectivity index (χ2v) is 6.50. The number of rotatable bonds is 9. The van der Waals surface area contributed by atoms with E-state index in [-0.39, 0.29) is 24.8 Å². The van der Waals surface area contributed by atoms with Crippen LogP contribution >= 0.6 is 15.9 Å². The van der Waals surface area contributed by atoms with E-state index in [0.717, 1.165) is 4.47 Å². The topological polar surface area (TPSA) is 76.7 Å². The van der Waals surface area contributed by atoms with Gasteiger partial charge >= 0.3 is 0 Å². The van der Waals surface area contributed by atoms with Crippen molar-refractivity contribution in [1.29, 1.82) is 0 Å². The molecule has 27 heavy (non-hydrogen) atoms. The maximum Gasteiger partial charge on any atom is 0.251 e. The number of carbonyl (C=O) groups excluding carboxylic acids is 2. The first-order valence-corrected chi connectivity index (χ1v) is 9.56. The first-order chi connectivity index (χ1) is 13.0. The Labute approximate surface area is 167 Å². The van der Waals surface area contributed by atoms with Crippen LogP contribution in [0.5, 0.6) is 11.5 Å². The molecule has 0 aliphatic heterocycles. The fourth-order valence-electron chi connectivity index (χ4n) is 2.35. The quantitative estimate of drug-likeness (QED) is 0.624. The van der Waals surface area contributed by atoms with Crippen LogP contribution in [0.15, 0.2) is 46.9 Å². The molecule has 0 saturated carbocycles. The molecule has 7 heteroatoms. The first kappa shape index (κ1) is 20.8. The molecule has 2 rings (SSSR count). The van der Waals surface area contributed by atoms with Gasteiger partial charge in [0, 0.05) is 29.1 Å². The zero-order valence-corrected chi connectivity index (χ0v) is 17.0. The van der Waals surface area contributed by atoms with Crippen LogP contribution in [0, 0.1) is 0 Å². The van der Waals surface area contributed by atoms with Gasteiger partial charge < -0.3 is 20.1 Å². The Morgan fingerprint density at radius 3 is 2.37 bits per heavy atom. The monoisotopic (exact) mass is 434 g/mol. The van der Waals surface area contributed by atoms with Gasteiger partial charge in [0.25, 0.3) is 5.91 Å². The summed E-state index contributed by atoms with van der Waals surface area (Å²) in [5.74, 6) is 0.789. The van der Waals surface area contributed by atoms with Crippen molar-refractivity contribution in [2.75, 3.05) is 25.1 Å². The third kappa shape index (κ3) is 6.60. The minimum absolute atomic E-state index is 0.146. The van der Waals surface area contributed by atoms with Crippen LogP contribution in [0.25, 0.3) is 0 Å². The largest absolute Gasteiger partial charge is 0.494 e. The summed E-state index contributed by atoms with van der Waals surface area (Å²) in [7, 11) is 0. The van der Waals surface area contributed by atoms with Gasteiger partial charge in [-0.1, -0.05) is 15.9 Å².